The highest BCUT2D eigenvalue weighted by molar-refractivity contribution is 7.24. The first-order chi connectivity index (χ1) is 12.7. The molecule has 5 rings (SSSR count). The third-order valence-corrected chi connectivity index (χ3v) is 6.78. The Morgan fingerprint density at radius 2 is 1.88 bits per heavy atom. The summed E-state index contributed by atoms with van der Waals surface area (Å²) in [5, 5.41) is 4.65. The topological polar surface area (TPSA) is 54.9 Å². The third-order valence-electron chi connectivity index (χ3n) is 4.85. The summed E-state index contributed by atoms with van der Waals surface area (Å²) in [6.07, 6.45) is 4.65. The Morgan fingerprint density at radius 3 is 2.77 bits per heavy atom. The smallest absolute Gasteiger partial charge is 0.257 e. The number of carbonyl (C=O) groups excluding carboxylic acids is 1. The zero-order chi connectivity index (χ0) is 17.7. The molecule has 4 nitrogen and oxygen atoms in total. The third kappa shape index (κ3) is 2.70. The summed E-state index contributed by atoms with van der Waals surface area (Å²) < 4.78 is 2.16. The van der Waals surface area contributed by atoms with E-state index in [4.69, 9.17) is 0 Å². The van der Waals surface area contributed by atoms with Crippen LogP contribution in [0.5, 0.6) is 0 Å². The van der Waals surface area contributed by atoms with Crippen molar-refractivity contribution in [3.05, 3.63) is 52.0 Å². The Hall–Kier alpha value is -2.31. The quantitative estimate of drug-likeness (QED) is 0.511. The largest absolute Gasteiger partial charge is 0.298 e. The summed E-state index contributed by atoms with van der Waals surface area (Å²) in [7, 11) is 0. The van der Waals surface area contributed by atoms with Gasteiger partial charge in [0.2, 0.25) is 0 Å². The number of aryl methyl sites for hydroxylation is 3. The van der Waals surface area contributed by atoms with Gasteiger partial charge in [-0.05, 0) is 68.0 Å². The van der Waals surface area contributed by atoms with E-state index in [-0.39, 0.29) is 5.91 Å². The molecule has 0 fully saturated rings. The van der Waals surface area contributed by atoms with Crippen molar-refractivity contribution >= 4 is 54.1 Å². The Bertz CT molecular complexity index is 1160. The highest BCUT2D eigenvalue weighted by Crippen LogP contribution is 2.34. The first-order valence-corrected chi connectivity index (χ1v) is 10.4. The van der Waals surface area contributed by atoms with E-state index < -0.39 is 0 Å². The fourth-order valence-electron chi connectivity index (χ4n) is 3.59. The zero-order valence-corrected chi connectivity index (χ0v) is 16.0. The first-order valence-electron chi connectivity index (χ1n) is 8.77. The number of nitrogens with one attached hydrogen (secondary N) is 1. The molecular formula is C20H17N3OS2. The van der Waals surface area contributed by atoms with Crippen LogP contribution >= 0.6 is 22.7 Å². The normalized spacial score (nSPS) is 13.9. The predicted octanol–water partition coefficient (Wildman–Crippen LogP) is 5.35. The van der Waals surface area contributed by atoms with Crippen molar-refractivity contribution in [1.29, 1.82) is 0 Å². The maximum absolute atomic E-state index is 12.7. The summed E-state index contributed by atoms with van der Waals surface area (Å²) in [6, 6.07) is 10.1. The van der Waals surface area contributed by atoms with Gasteiger partial charge in [0.05, 0.1) is 19.9 Å². The first kappa shape index (κ1) is 15.9. The zero-order valence-electron chi connectivity index (χ0n) is 14.3. The fraction of sp³-hybridized carbons (Fsp3) is 0.250. The molecule has 2 aromatic carbocycles. The number of thiazole rings is 2. The summed E-state index contributed by atoms with van der Waals surface area (Å²) in [5.74, 6) is -0.0887. The molecule has 0 saturated carbocycles. The molecule has 1 aliphatic rings. The van der Waals surface area contributed by atoms with Crippen molar-refractivity contribution in [2.45, 2.75) is 32.6 Å². The van der Waals surface area contributed by atoms with Crippen LogP contribution in [0, 0.1) is 6.92 Å². The van der Waals surface area contributed by atoms with Gasteiger partial charge in [-0.1, -0.05) is 17.4 Å². The molecule has 130 valence electrons. The molecule has 1 N–H and O–H groups in total. The van der Waals surface area contributed by atoms with Gasteiger partial charge in [0.15, 0.2) is 5.13 Å². The van der Waals surface area contributed by atoms with Crippen LogP contribution in [0.1, 0.15) is 39.3 Å². The molecule has 1 amide bonds. The van der Waals surface area contributed by atoms with Gasteiger partial charge in [0.1, 0.15) is 5.52 Å². The van der Waals surface area contributed by atoms with E-state index in [0.717, 1.165) is 38.3 Å². The Kier molecular flexibility index (Phi) is 3.76. The van der Waals surface area contributed by atoms with Crippen LogP contribution < -0.4 is 5.32 Å². The molecule has 6 heteroatoms. The van der Waals surface area contributed by atoms with Crippen LogP contribution in [-0.4, -0.2) is 15.9 Å². The minimum absolute atomic E-state index is 0.0887. The number of benzene rings is 2. The van der Waals surface area contributed by atoms with Crippen LogP contribution in [0.4, 0.5) is 5.13 Å². The standard InChI is InChI=1S/C20H17N3OS2/c1-11-21-15-8-9-16-17(18(15)25-11)22-20(26-16)23-19(24)14-7-6-12-4-2-3-5-13(12)10-14/h6-10H,2-5H2,1H3,(H,22,23,24). The highest BCUT2D eigenvalue weighted by atomic mass is 32.1. The number of nitrogens with zero attached hydrogens (tertiary/aromatic N) is 2. The lowest BCUT2D eigenvalue weighted by atomic mass is 9.90. The van der Waals surface area contributed by atoms with Gasteiger partial charge in [0, 0.05) is 5.56 Å². The van der Waals surface area contributed by atoms with Crippen molar-refractivity contribution in [3.63, 3.8) is 0 Å². The highest BCUT2D eigenvalue weighted by Gasteiger charge is 2.16. The van der Waals surface area contributed by atoms with Gasteiger partial charge in [0.25, 0.3) is 5.91 Å². The van der Waals surface area contributed by atoms with Crippen molar-refractivity contribution < 1.29 is 4.79 Å². The summed E-state index contributed by atoms with van der Waals surface area (Å²) in [4.78, 5) is 21.9. The van der Waals surface area contributed by atoms with E-state index in [1.165, 1.54) is 35.3 Å². The van der Waals surface area contributed by atoms with Crippen LogP contribution in [0.15, 0.2) is 30.3 Å². The lowest BCUT2D eigenvalue weighted by Gasteiger charge is -2.16. The molecule has 0 bridgehead atoms. The van der Waals surface area contributed by atoms with Crippen molar-refractivity contribution in [2.24, 2.45) is 0 Å². The second-order valence-corrected chi connectivity index (χ2v) is 8.89. The van der Waals surface area contributed by atoms with Crippen LogP contribution in [0.2, 0.25) is 0 Å². The van der Waals surface area contributed by atoms with Gasteiger partial charge in [-0.3, -0.25) is 10.1 Å². The van der Waals surface area contributed by atoms with E-state index in [2.05, 4.69) is 21.4 Å². The fourth-order valence-corrected chi connectivity index (χ4v) is 5.43. The van der Waals surface area contributed by atoms with Gasteiger partial charge in [-0.25, -0.2) is 9.97 Å². The predicted molar refractivity (Wildman–Crippen MR) is 109 cm³/mol. The minimum Gasteiger partial charge on any atom is -0.298 e. The molecule has 2 heterocycles. The SMILES string of the molecule is Cc1nc2ccc3sc(NC(=O)c4ccc5c(c4)CCCC5)nc3c2s1. The Balaban J connectivity index is 1.47. The lowest BCUT2D eigenvalue weighted by Crippen LogP contribution is -2.13. The van der Waals surface area contributed by atoms with Gasteiger partial charge < -0.3 is 0 Å². The van der Waals surface area contributed by atoms with E-state index in [1.54, 1.807) is 11.3 Å². The van der Waals surface area contributed by atoms with Crippen LogP contribution in [0.3, 0.4) is 0 Å². The molecule has 0 radical (unpaired) electrons. The summed E-state index contributed by atoms with van der Waals surface area (Å²) in [5.41, 5.74) is 5.31. The second kappa shape index (κ2) is 6.14. The van der Waals surface area contributed by atoms with Gasteiger partial charge in [-0.15, -0.1) is 11.3 Å². The number of anilines is 1. The van der Waals surface area contributed by atoms with E-state index in [9.17, 15) is 4.79 Å². The summed E-state index contributed by atoms with van der Waals surface area (Å²) >= 11 is 3.15. The molecule has 4 aromatic rings. The lowest BCUT2D eigenvalue weighted by molar-refractivity contribution is 0.102. The molecule has 0 saturated heterocycles. The number of rotatable bonds is 2. The van der Waals surface area contributed by atoms with E-state index in [0.29, 0.717) is 10.7 Å². The van der Waals surface area contributed by atoms with Crippen molar-refractivity contribution in [2.75, 3.05) is 5.32 Å². The Morgan fingerprint density at radius 1 is 1.04 bits per heavy atom. The second-order valence-electron chi connectivity index (χ2n) is 6.66. The van der Waals surface area contributed by atoms with Gasteiger partial charge >= 0.3 is 0 Å². The maximum Gasteiger partial charge on any atom is 0.257 e. The number of hydrogen-bond donors (Lipinski definition) is 1. The molecule has 0 spiro atoms. The van der Waals surface area contributed by atoms with Crippen LogP contribution in [-0.2, 0) is 12.8 Å². The molecular weight excluding hydrogens is 362 g/mol. The number of aromatic nitrogens is 2. The van der Waals surface area contributed by atoms with Crippen LogP contribution in [0.25, 0.3) is 20.4 Å². The molecule has 0 unspecified atom stereocenters. The number of hydrogen-bond acceptors (Lipinski definition) is 5. The van der Waals surface area contributed by atoms with E-state index >= 15 is 0 Å². The number of amides is 1. The number of fused-ring (bicyclic) bond motifs is 4. The average molecular weight is 380 g/mol. The molecule has 1 aliphatic carbocycles. The molecule has 0 aliphatic heterocycles. The average Bonchev–Trinajstić information content (AvgIpc) is 3.23. The van der Waals surface area contributed by atoms with Crippen molar-refractivity contribution in [1.82, 2.24) is 9.97 Å². The van der Waals surface area contributed by atoms with Crippen molar-refractivity contribution in [3.8, 4) is 0 Å². The monoisotopic (exact) mass is 379 g/mol. The minimum atomic E-state index is -0.0887. The molecule has 0 atom stereocenters. The molecule has 26 heavy (non-hydrogen) atoms. The number of carbonyl (C=O) groups is 1. The van der Waals surface area contributed by atoms with Gasteiger partial charge in [-0.2, -0.15) is 0 Å². The molecule has 2 aromatic heterocycles. The maximum atomic E-state index is 12.7. The Labute approximate surface area is 158 Å². The summed E-state index contributed by atoms with van der Waals surface area (Å²) in [6.45, 7) is 2.00. The van der Waals surface area contributed by atoms with E-state index in [1.807, 2.05) is 31.2 Å².